The fraction of sp³-hybridized carbons (Fsp3) is 1.00. The van der Waals surface area contributed by atoms with E-state index in [1.807, 2.05) is 0 Å². The van der Waals surface area contributed by atoms with E-state index in [1.54, 1.807) is 0 Å². The molecule has 0 saturated carbocycles. The Labute approximate surface area is 266 Å². The van der Waals surface area contributed by atoms with E-state index in [0.717, 1.165) is 18.1 Å². The van der Waals surface area contributed by atoms with Gasteiger partial charge in [0.1, 0.15) is 0 Å². The summed E-state index contributed by atoms with van der Waals surface area (Å²) in [6.45, 7) is 5.77. The molecule has 0 heterocycles. The number of hydrogen-bond donors (Lipinski definition) is 0. The fourth-order valence-electron chi connectivity index (χ4n) is 4.88. The minimum absolute atomic E-state index is 0. The Balaban J connectivity index is 0. The molecule has 0 aliphatic heterocycles. The molecule has 0 atom stereocenters. The predicted octanol–water partition coefficient (Wildman–Crippen LogP) is 9.96. The van der Waals surface area contributed by atoms with Crippen LogP contribution < -0.4 is 24.0 Å². The Morgan fingerprint density at radius 2 is 0.718 bits per heavy atom. The molecule has 0 unspecified atom stereocenters. The molecule has 39 heavy (non-hydrogen) atoms. The average molecular weight is 749 g/mol. The van der Waals surface area contributed by atoms with Crippen LogP contribution in [0.5, 0.6) is 0 Å². The van der Waals surface area contributed by atoms with Crippen LogP contribution in [0, 0.1) is 0 Å². The van der Waals surface area contributed by atoms with Crippen molar-refractivity contribution in [3.63, 3.8) is 0 Å². The van der Waals surface area contributed by atoms with E-state index in [4.69, 9.17) is 9.05 Å². The molecule has 0 bridgehead atoms. The number of rotatable bonds is 31. The Bertz CT molecular complexity index is 494. The third kappa shape index (κ3) is 33.8. The molecule has 0 rings (SSSR count). The molecule has 0 saturated heterocycles. The van der Waals surface area contributed by atoms with E-state index in [9.17, 15) is 4.57 Å². The summed E-state index contributed by atoms with van der Waals surface area (Å²) in [6, 6.07) is 0. The molecular formula is C33H71AsIO3P. The van der Waals surface area contributed by atoms with Crippen LogP contribution >= 0.6 is 7.60 Å². The first-order chi connectivity index (χ1) is 18.3. The minimum atomic E-state index is -2.94. The number of halogens is 1. The van der Waals surface area contributed by atoms with Crippen molar-refractivity contribution < 1.29 is 37.6 Å². The van der Waals surface area contributed by atoms with Crippen molar-refractivity contribution in [1.82, 2.24) is 0 Å². The summed E-state index contributed by atoms with van der Waals surface area (Å²) in [5.41, 5.74) is 7.12. The molecule has 0 aromatic carbocycles. The molecule has 0 aliphatic carbocycles. The van der Waals surface area contributed by atoms with Crippen LogP contribution in [-0.4, -0.2) is 32.9 Å². The summed E-state index contributed by atoms with van der Waals surface area (Å²) in [6.07, 6.45) is 32.6. The first-order valence-electron chi connectivity index (χ1n) is 17.0. The van der Waals surface area contributed by atoms with Gasteiger partial charge in [-0.2, -0.15) is 0 Å². The Morgan fingerprint density at radius 1 is 0.462 bits per heavy atom. The second kappa shape index (κ2) is 30.9. The fourth-order valence-corrected chi connectivity index (χ4v) is 12.2. The second-order valence-corrected chi connectivity index (χ2v) is 25.5. The molecule has 3 nitrogen and oxygen atoms in total. The third-order valence-corrected chi connectivity index (χ3v) is 13.6. The Morgan fingerprint density at radius 3 is 0.974 bits per heavy atom. The van der Waals surface area contributed by atoms with E-state index in [2.05, 4.69) is 31.0 Å². The van der Waals surface area contributed by atoms with Gasteiger partial charge in [0.25, 0.3) is 0 Å². The standard InChI is InChI=1S/C33H71AsO3P.HI/c1-6-8-10-12-14-16-18-20-22-24-26-28-31-36-38(35,33-30-34(3,4)5)37-32-29-27-25-23-21-19-17-15-13-11-9-7-2;/h6-33H2,1-5H3;1H/q+1;/p-1. The van der Waals surface area contributed by atoms with Crippen LogP contribution in [-0.2, 0) is 13.6 Å². The monoisotopic (exact) mass is 748 g/mol. The summed E-state index contributed by atoms with van der Waals surface area (Å²) in [4.78, 5) is 0. The first-order valence-corrected chi connectivity index (χ1v) is 25.7. The molecule has 6 heteroatoms. The summed E-state index contributed by atoms with van der Waals surface area (Å²) < 4.78 is 25.4. The molecular weight excluding hydrogens is 677 g/mol. The van der Waals surface area contributed by atoms with Crippen molar-refractivity contribution in [2.75, 3.05) is 19.4 Å². The van der Waals surface area contributed by atoms with Crippen molar-refractivity contribution in [3.05, 3.63) is 0 Å². The van der Waals surface area contributed by atoms with Crippen LogP contribution in [0.4, 0.5) is 0 Å². The van der Waals surface area contributed by atoms with Gasteiger partial charge in [-0.25, -0.2) is 0 Å². The summed E-state index contributed by atoms with van der Waals surface area (Å²) in [7, 11) is -2.94. The smallest absolute Gasteiger partial charge is 1.00 e. The summed E-state index contributed by atoms with van der Waals surface area (Å²) in [5, 5.41) is 1.05. The van der Waals surface area contributed by atoms with Gasteiger partial charge in [-0.3, -0.25) is 0 Å². The SMILES string of the molecule is CCCCCCCCCCCCCCOP(=O)(CC[As+](C)(C)C)OCCCCCCCCCCCCCC.[I-]. The van der Waals surface area contributed by atoms with Gasteiger partial charge in [-0.05, 0) is 0 Å². The minimum Gasteiger partial charge on any atom is -1.00 e. The third-order valence-electron chi connectivity index (χ3n) is 7.62. The molecule has 0 N–H and O–H groups in total. The molecule has 0 spiro atoms. The maximum atomic E-state index is 13.4. The molecule has 0 radical (unpaired) electrons. The van der Waals surface area contributed by atoms with Crippen molar-refractivity contribution in [2.45, 2.75) is 190 Å². The maximum absolute atomic E-state index is 13.4. The number of hydrogen-bond acceptors (Lipinski definition) is 3. The summed E-state index contributed by atoms with van der Waals surface area (Å²) in [5.74, 6) is 0. The number of unbranched alkanes of at least 4 members (excludes halogenated alkanes) is 22. The molecule has 0 aromatic rings. The first kappa shape index (κ1) is 42.6. The van der Waals surface area contributed by atoms with Gasteiger partial charge in [0.2, 0.25) is 0 Å². The van der Waals surface area contributed by atoms with E-state index in [-0.39, 0.29) is 24.0 Å². The zero-order chi connectivity index (χ0) is 28.2. The molecule has 0 aromatic heterocycles. The average Bonchev–Trinajstić information content (AvgIpc) is 2.88. The van der Waals surface area contributed by atoms with Crippen molar-refractivity contribution >= 4 is 21.1 Å². The van der Waals surface area contributed by atoms with E-state index in [1.165, 1.54) is 141 Å². The van der Waals surface area contributed by atoms with Crippen LogP contribution in [0.3, 0.4) is 0 Å². The quantitative estimate of drug-likeness (QED) is 0.0307. The molecule has 0 amide bonds. The van der Waals surface area contributed by atoms with E-state index in [0.29, 0.717) is 19.4 Å². The van der Waals surface area contributed by atoms with E-state index >= 15 is 0 Å². The van der Waals surface area contributed by atoms with Gasteiger partial charge < -0.3 is 24.0 Å². The van der Waals surface area contributed by atoms with Gasteiger partial charge in [0.15, 0.2) is 0 Å². The van der Waals surface area contributed by atoms with Gasteiger partial charge in [0.05, 0.1) is 0 Å². The van der Waals surface area contributed by atoms with Gasteiger partial charge >= 0.3 is 166 Å². The van der Waals surface area contributed by atoms with Crippen LogP contribution in [0.1, 0.15) is 168 Å². The van der Waals surface area contributed by atoms with Gasteiger partial charge in [-0.15, -0.1) is 0 Å². The Kier molecular flexibility index (Phi) is 33.7. The van der Waals surface area contributed by atoms with Crippen LogP contribution in [0.25, 0.3) is 0 Å². The van der Waals surface area contributed by atoms with Crippen molar-refractivity contribution in [2.24, 2.45) is 0 Å². The molecule has 0 aliphatic rings. The van der Waals surface area contributed by atoms with Gasteiger partial charge in [0, 0.05) is 0 Å². The zero-order valence-corrected chi connectivity index (χ0v) is 32.2. The van der Waals surface area contributed by atoms with Crippen molar-refractivity contribution in [3.8, 4) is 0 Å². The molecule has 0 fully saturated rings. The zero-order valence-electron chi connectivity index (χ0n) is 27.3. The van der Waals surface area contributed by atoms with Crippen LogP contribution in [0.15, 0.2) is 0 Å². The summed E-state index contributed by atoms with van der Waals surface area (Å²) >= 11 is -1.61. The Hall–Kier alpha value is 1.44. The normalized spacial score (nSPS) is 12.1. The topological polar surface area (TPSA) is 35.5 Å². The second-order valence-electron chi connectivity index (χ2n) is 12.8. The molecule has 238 valence electrons. The van der Waals surface area contributed by atoms with Crippen LogP contribution in [0.2, 0.25) is 22.3 Å². The van der Waals surface area contributed by atoms with Crippen molar-refractivity contribution in [1.29, 1.82) is 0 Å². The van der Waals surface area contributed by atoms with Gasteiger partial charge in [-0.1, -0.05) is 78.1 Å². The van der Waals surface area contributed by atoms with E-state index < -0.39 is 21.1 Å². The predicted molar refractivity (Wildman–Crippen MR) is 175 cm³/mol.